The SMILES string of the molecule is CCOC(=O)[C@H](O)C(O)CCc1ccc(-c2cc(Cl)cc(Cl)c2)cc1. The Kier molecular flexibility index (Phi) is 7.26. The minimum atomic E-state index is -1.52. The number of aliphatic hydroxyl groups excluding tert-OH is 2. The highest BCUT2D eigenvalue weighted by Crippen LogP contribution is 2.27. The summed E-state index contributed by atoms with van der Waals surface area (Å²) in [5, 5.41) is 20.7. The van der Waals surface area contributed by atoms with Gasteiger partial charge in [0.25, 0.3) is 0 Å². The van der Waals surface area contributed by atoms with Crippen LogP contribution in [-0.4, -0.2) is 35.0 Å². The van der Waals surface area contributed by atoms with Gasteiger partial charge in [0.1, 0.15) is 0 Å². The van der Waals surface area contributed by atoms with Crippen LogP contribution < -0.4 is 0 Å². The van der Waals surface area contributed by atoms with E-state index in [9.17, 15) is 15.0 Å². The third-order valence-electron chi connectivity index (χ3n) is 3.77. The number of carbonyl (C=O) groups excluding carboxylic acids is 1. The van der Waals surface area contributed by atoms with Crippen molar-refractivity contribution in [3.63, 3.8) is 0 Å². The molecule has 6 heteroatoms. The van der Waals surface area contributed by atoms with Gasteiger partial charge in [0, 0.05) is 10.0 Å². The van der Waals surface area contributed by atoms with Gasteiger partial charge in [-0.15, -0.1) is 0 Å². The first-order valence-corrected chi connectivity index (χ1v) is 8.74. The number of ether oxygens (including phenoxy) is 1. The van der Waals surface area contributed by atoms with Crippen molar-refractivity contribution < 1.29 is 19.7 Å². The predicted molar refractivity (Wildman–Crippen MR) is 98.9 cm³/mol. The highest BCUT2D eigenvalue weighted by molar-refractivity contribution is 6.35. The zero-order valence-corrected chi connectivity index (χ0v) is 15.3. The van der Waals surface area contributed by atoms with Gasteiger partial charge >= 0.3 is 5.97 Å². The van der Waals surface area contributed by atoms with Crippen LogP contribution in [0.3, 0.4) is 0 Å². The van der Waals surface area contributed by atoms with E-state index in [0.29, 0.717) is 16.5 Å². The van der Waals surface area contributed by atoms with Crippen LogP contribution in [0.5, 0.6) is 0 Å². The van der Waals surface area contributed by atoms with Crippen LogP contribution in [-0.2, 0) is 16.0 Å². The van der Waals surface area contributed by atoms with Crippen LogP contribution in [0.1, 0.15) is 18.9 Å². The third-order valence-corrected chi connectivity index (χ3v) is 4.21. The van der Waals surface area contributed by atoms with E-state index in [1.54, 1.807) is 13.0 Å². The highest BCUT2D eigenvalue weighted by Gasteiger charge is 2.25. The summed E-state index contributed by atoms with van der Waals surface area (Å²) in [6.07, 6.45) is -1.91. The molecule has 0 fully saturated rings. The van der Waals surface area contributed by atoms with Gasteiger partial charge in [0.15, 0.2) is 6.10 Å². The molecule has 0 aliphatic heterocycles. The molecule has 25 heavy (non-hydrogen) atoms. The molecule has 2 atom stereocenters. The molecule has 0 bridgehead atoms. The van der Waals surface area contributed by atoms with Crippen molar-refractivity contribution in [2.24, 2.45) is 0 Å². The standard InChI is InChI=1S/C19H20Cl2O4/c1-2-25-19(24)18(23)17(22)8-5-12-3-6-13(7-4-12)14-9-15(20)11-16(21)10-14/h3-4,6-7,9-11,17-18,22-23H,2,5,8H2,1H3/t17?,18-/m1/s1. The number of hydrogen-bond donors (Lipinski definition) is 2. The molecule has 134 valence electrons. The van der Waals surface area contributed by atoms with Gasteiger partial charge < -0.3 is 14.9 Å². The van der Waals surface area contributed by atoms with E-state index < -0.39 is 18.2 Å². The lowest BCUT2D eigenvalue weighted by molar-refractivity contribution is -0.159. The van der Waals surface area contributed by atoms with Crippen LogP contribution >= 0.6 is 23.2 Å². The van der Waals surface area contributed by atoms with Gasteiger partial charge in [-0.3, -0.25) is 0 Å². The minimum absolute atomic E-state index is 0.164. The maximum absolute atomic E-state index is 11.4. The minimum Gasteiger partial charge on any atom is -0.464 e. The van der Waals surface area contributed by atoms with Crippen LogP contribution in [0.2, 0.25) is 10.0 Å². The van der Waals surface area contributed by atoms with E-state index in [0.717, 1.165) is 16.7 Å². The summed E-state index contributed by atoms with van der Waals surface area (Å²) in [5.74, 6) is -0.803. The first-order valence-electron chi connectivity index (χ1n) is 7.99. The van der Waals surface area contributed by atoms with E-state index in [1.807, 2.05) is 36.4 Å². The molecule has 0 radical (unpaired) electrons. The molecule has 0 saturated heterocycles. The third kappa shape index (κ3) is 5.72. The fourth-order valence-corrected chi connectivity index (χ4v) is 2.97. The number of carbonyl (C=O) groups is 1. The van der Waals surface area contributed by atoms with Crippen LogP contribution in [0.25, 0.3) is 11.1 Å². The fraction of sp³-hybridized carbons (Fsp3) is 0.316. The number of aliphatic hydroxyl groups is 2. The second-order valence-electron chi connectivity index (χ2n) is 5.66. The highest BCUT2D eigenvalue weighted by atomic mass is 35.5. The molecule has 0 aromatic heterocycles. The summed E-state index contributed by atoms with van der Waals surface area (Å²) >= 11 is 12.0. The van der Waals surface area contributed by atoms with E-state index in [2.05, 4.69) is 0 Å². The topological polar surface area (TPSA) is 66.8 Å². The van der Waals surface area contributed by atoms with Gasteiger partial charge in [-0.2, -0.15) is 0 Å². The number of esters is 1. The van der Waals surface area contributed by atoms with Gasteiger partial charge in [-0.25, -0.2) is 4.79 Å². The average Bonchev–Trinajstić information content (AvgIpc) is 2.58. The second kappa shape index (κ2) is 9.20. The van der Waals surface area contributed by atoms with Gasteiger partial charge in [0.2, 0.25) is 0 Å². The monoisotopic (exact) mass is 382 g/mol. The summed E-state index contributed by atoms with van der Waals surface area (Å²) in [6.45, 7) is 1.81. The van der Waals surface area contributed by atoms with Crippen molar-refractivity contribution in [1.29, 1.82) is 0 Å². The van der Waals surface area contributed by atoms with Crippen molar-refractivity contribution in [3.05, 3.63) is 58.1 Å². The number of rotatable bonds is 7. The van der Waals surface area contributed by atoms with Gasteiger partial charge in [0.05, 0.1) is 12.7 Å². The zero-order valence-electron chi connectivity index (χ0n) is 13.8. The lowest BCUT2D eigenvalue weighted by atomic mass is 10.00. The first kappa shape index (κ1) is 19.7. The smallest absolute Gasteiger partial charge is 0.337 e. The Balaban J connectivity index is 1.97. The largest absolute Gasteiger partial charge is 0.464 e. The Labute approximate surface area is 157 Å². The van der Waals surface area contributed by atoms with Crippen molar-refractivity contribution >= 4 is 29.2 Å². The molecule has 0 amide bonds. The van der Waals surface area contributed by atoms with Crippen molar-refractivity contribution in [1.82, 2.24) is 0 Å². The molecule has 2 aromatic carbocycles. The van der Waals surface area contributed by atoms with Crippen LogP contribution in [0.4, 0.5) is 0 Å². The first-order chi connectivity index (χ1) is 11.9. The molecule has 0 aliphatic carbocycles. The quantitative estimate of drug-likeness (QED) is 0.713. The fourth-order valence-electron chi connectivity index (χ4n) is 2.44. The number of aryl methyl sites for hydroxylation is 1. The van der Waals surface area contributed by atoms with E-state index >= 15 is 0 Å². The molecule has 2 aromatic rings. The number of benzene rings is 2. The Morgan fingerprint density at radius 2 is 1.64 bits per heavy atom. The Bertz CT molecular complexity index is 696. The lowest BCUT2D eigenvalue weighted by Crippen LogP contribution is -2.35. The Morgan fingerprint density at radius 1 is 1.04 bits per heavy atom. The van der Waals surface area contributed by atoms with Crippen molar-refractivity contribution in [2.45, 2.75) is 32.0 Å². The Morgan fingerprint density at radius 3 is 2.20 bits per heavy atom. The van der Waals surface area contributed by atoms with Crippen LogP contribution in [0, 0.1) is 0 Å². The maximum Gasteiger partial charge on any atom is 0.337 e. The summed E-state index contributed by atoms with van der Waals surface area (Å²) in [4.78, 5) is 11.4. The van der Waals surface area contributed by atoms with E-state index in [1.165, 1.54) is 0 Å². The summed E-state index contributed by atoms with van der Waals surface area (Å²) < 4.78 is 4.69. The molecule has 0 aliphatic rings. The maximum atomic E-state index is 11.4. The molecular weight excluding hydrogens is 363 g/mol. The molecule has 4 nitrogen and oxygen atoms in total. The summed E-state index contributed by atoms with van der Waals surface area (Å²) in [5.41, 5.74) is 2.87. The lowest BCUT2D eigenvalue weighted by Gasteiger charge is -2.16. The molecule has 2 N–H and O–H groups in total. The van der Waals surface area contributed by atoms with E-state index in [4.69, 9.17) is 27.9 Å². The summed E-state index contributed by atoms with van der Waals surface area (Å²) in [6, 6.07) is 13.1. The van der Waals surface area contributed by atoms with Gasteiger partial charge in [-0.05, 0) is 54.7 Å². The van der Waals surface area contributed by atoms with Crippen molar-refractivity contribution in [3.8, 4) is 11.1 Å². The number of hydrogen-bond acceptors (Lipinski definition) is 4. The molecule has 1 unspecified atom stereocenters. The zero-order chi connectivity index (χ0) is 18.4. The number of halogens is 2. The van der Waals surface area contributed by atoms with Crippen LogP contribution in [0.15, 0.2) is 42.5 Å². The van der Waals surface area contributed by atoms with Crippen molar-refractivity contribution in [2.75, 3.05) is 6.61 Å². The normalized spacial score (nSPS) is 13.3. The predicted octanol–water partition coefficient (Wildman–Crippen LogP) is 3.88. The average molecular weight is 383 g/mol. The second-order valence-corrected chi connectivity index (χ2v) is 6.53. The summed E-state index contributed by atoms with van der Waals surface area (Å²) in [7, 11) is 0. The molecular formula is C19H20Cl2O4. The molecule has 0 spiro atoms. The molecule has 0 saturated carbocycles. The molecule has 2 rings (SSSR count). The Hall–Kier alpha value is -1.59. The molecule has 0 heterocycles. The van der Waals surface area contributed by atoms with E-state index in [-0.39, 0.29) is 13.0 Å². The van der Waals surface area contributed by atoms with Gasteiger partial charge in [-0.1, -0.05) is 47.5 Å².